The van der Waals surface area contributed by atoms with Gasteiger partial charge in [-0.15, -0.1) is 0 Å². The van der Waals surface area contributed by atoms with Crippen LogP contribution in [-0.2, 0) is 9.53 Å². The van der Waals surface area contributed by atoms with Crippen molar-refractivity contribution in [2.24, 2.45) is 0 Å². The Bertz CT molecular complexity index is 625. The largest absolute Gasteiger partial charge is 0.451 e. The van der Waals surface area contributed by atoms with Crippen LogP contribution in [0.4, 0.5) is 0 Å². The lowest BCUT2D eigenvalue weighted by molar-refractivity contribution is -0.124. The molecule has 0 aliphatic rings. The zero-order valence-corrected chi connectivity index (χ0v) is 13.0. The maximum Gasteiger partial charge on any atom is 0.355 e. The van der Waals surface area contributed by atoms with Crippen molar-refractivity contribution in [3.05, 3.63) is 58.3 Å². The summed E-state index contributed by atoms with van der Waals surface area (Å²) in [6, 6.07) is 11.0. The Morgan fingerprint density at radius 1 is 1.33 bits per heavy atom. The summed E-state index contributed by atoms with van der Waals surface area (Å²) in [5.74, 6) is -0.909. The molecule has 2 rings (SSSR count). The average molecular weight is 351 g/mol. The van der Waals surface area contributed by atoms with Crippen LogP contribution in [0, 0.1) is 0 Å². The minimum Gasteiger partial charge on any atom is -0.451 e. The molecule has 1 aromatic heterocycles. The fraction of sp³-hybridized carbons (Fsp3) is 0.200. The molecule has 0 radical (unpaired) electrons. The molecular weight excluding hydrogens is 336 g/mol. The first-order chi connectivity index (χ1) is 10.1. The van der Waals surface area contributed by atoms with E-state index in [0.717, 1.165) is 10.0 Å². The first kappa shape index (κ1) is 15.3. The number of esters is 1. The minimum absolute atomic E-state index is 0.142. The molecule has 1 heterocycles. The summed E-state index contributed by atoms with van der Waals surface area (Å²) in [7, 11) is 0. The molecule has 0 aliphatic heterocycles. The molecule has 0 saturated carbocycles. The molecule has 0 spiro atoms. The monoisotopic (exact) mass is 350 g/mol. The summed E-state index contributed by atoms with van der Waals surface area (Å²) in [5.41, 5.74) is 1.29. The second kappa shape index (κ2) is 7.08. The molecule has 5 nitrogen and oxygen atoms in total. The Morgan fingerprint density at radius 3 is 2.67 bits per heavy atom. The fourth-order valence-electron chi connectivity index (χ4n) is 1.80. The van der Waals surface area contributed by atoms with Crippen molar-refractivity contribution in [1.29, 1.82) is 0 Å². The molecule has 21 heavy (non-hydrogen) atoms. The van der Waals surface area contributed by atoms with E-state index in [1.165, 1.54) is 0 Å². The summed E-state index contributed by atoms with van der Waals surface area (Å²) in [4.78, 5) is 26.2. The van der Waals surface area contributed by atoms with Gasteiger partial charge in [0.05, 0.1) is 6.04 Å². The van der Waals surface area contributed by atoms with E-state index in [0.29, 0.717) is 5.69 Å². The highest BCUT2D eigenvalue weighted by Crippen LogP contribution is 2.12. The van der Waals surface area contributed by atoms with Gasteiger partial charge in [-0.3, -0.25) is 4.79 Å². The third-order valence-corrected chi connectivity index (χ3v) is 3.34. The van der Waals surface area contributed by atoms with Crippen molar-refractivity contribution >= 4 is 27.8 Å². The summed E-state index contributed by atoms with van der Waals surface area (Å²) >= 11 is 3.22. The molecular formula is C15H15BrN2O3. The van der Waals surface area contributed by atoms with Crippen LogP contribution in [0.2, 0.25) is 0 Å². The number of rotatable bonds is 5. The summed E-state index contributed by atoms with van der Waals surface area (Å²) in [6.45, 7) is 1.56. The van der Waals surface area contributed by atoms with Gasteiger partial charge in [0, 0.05) is 10.7 Å². The molecule has 110 valence electrons. The smallest absolute Gasteiger partial charge is 0.355 e. The van der Waals surface area contributed by atoms with Gasteiger partial charge in [-0.1, -0.05) is 30.3 Å². The van der Waals surface area contributed by atoms with Gasteiger partial charge in [-0.25, -0.2) is 4.79 Å². The van der Waals surface area contributed by atoms with Crippen LogP contribution >= 0.6 is 15.9 Å². The third-order valence-electron chi connectivity index (χ3n) is 2.88. The second-order valence-electron chi connectivity index (χ2n) is 4.51. The molecule has 1 aromatic carbocycles. The standard InChI is InChI=1S/C15H15BrN2O3/c1-10(11-5-3-2-4-6-11)18-14(19)9-21-15(20)13-7-12(16)8-17-13/h2-8,10,17H,9H2,1H3,(H,18,19). The highest BCUT2D eigenvalue weighted by atomic mass is 79.9. The van der Waals surface area contributed by atoms with Gasteiger partial charge in [0.1, 0.15) is 5.69 Å². The number of hydrogen-bond donors (Lipinski definition) is 2. The lowest BCUT2D eigenvalue weighted by Crippen LogP contribution is -2.31. The lowest BCUT2D eigenvalue weighted by atomic mass is 10.1. The summed E-state index contributed by atoms with van der Waals surface area (Å²) in [6.07, 6.45) is 1.62. The topological polar surface area (TPSA) is 71.2 Å². The first-order valence-corrected chi connectivity index (χ1v) is 7.21. The Hall–Kier alpha value is -2.08. The predicted octanol–water partition coefficient (Wildman–Crippen LogP) is 2.81. The van der Waals surface area contributed by atoms with Crippen molar-refractivity contribution in [1.82, 2.24) is 10.3 Å². The SMILES string of the molecule is CC(NC(=O)COC(=O)c1cc(Br)c[nH]1)c1ccccc1. The Balaban J connectivity index is 1.81. The number of aromatic amines is 1. The van der Waals surface area contributed by atoms with Crippen molar-refractivity contribution in [3.63, 3.8) is 0 Å². The first-order valence-electron chi connectivity index (χ1n) is 6.41. The fourth-order valence-corrected chi connectivity index (χ4v) is 2.15. The molecule has 1 atom stereocenters. The normalized spacial score (nSPS) is 11.7. The van der Waals surface area contributed by atoms with Crippen molar-refractivity contribution in [2.45, 2.75) is 13.0 Å². The number of H-pyrrole nitrogens is 1. The summed E-state index contributed by atoms with van der Waals surface area (Å²) in [5, 5.41) is 2.77. The van der Waals surface area contributed by atoms with Crippen LogP contribution < -0.4 is 5.32 Å². The average Bonchev–Trinajstić information content (AvgIpc) is 2.92. The van der Waals surface area contributed by atoms with E-state index < -0.39 is 5.97 Å². The molecule has 1 unspecified atom stereocenters. The van der Waals surface area contributed by atoms with Crippen molar-refractivity contribution in [2.75, 3.05) is 6.61 Å². The van der Waals surface area contributed by atoms with Gasteiger partial charge in [-0.2, -0.15) is 0 Å². The molecule has 2 aromatic rings. The van der Waals surface area contributed by atoms with E-state index in [1.807, 2.05) is 37.3 Å². The van der Waals surface area contributed by atoms with Crippen LogP contribution in [0.25, 0.3) is 0 Å². The number of nitrogens with one attached hydrogen (secondary N) is 2. The quantitative estimate of drug-likeness (QED) is 0.814. The molecule has 2 N–H and O–H groups in total. The molecule has 6 heteroatoms. The highest BCUT2D eigenvalue weighted by molar-refractivity contribution is 9.10. The Morgan fingerprint density at radius 2 is 2.05 bits per heavy atom. The van der Waals surface area contributed by atoms with Crippen molar-refractivity contribution < 1.29 is 14.3 Å². The van der Waals surface area contributed by atoms with Gasteiger partial charge in [0.15, 0.2) is 6.61 Å². The number of aromatic nitrogens is 1. The van der Waals surface area contributed by atoms with E-state index in [9.17, 15) is 9.59 Å². The second-order valence-corrected chi connectivity index (χ2v) is 5.42. The predicted molar refractivity (Wildman–Crippen MR) is 81.8 cm³/mol. The molecule has 0 fully saturated rings. The number of amides is 1. The number of benzene rings is 1. The highest BCUT2D eigenvalue weighted by Gasteiger charge is 2.14. The van der Waals surface area contributed by atoms with Gasteiger partial charge >= 0.3 is 5.97 Å². The van der Waals surface area contributed by atoms with Gasteiger partial charge in [0.25, 0.3) is 5.91 Å². The lowest BCUT2D eigenvalue weighted by Gasteiger charge is -2.14. The van der Waals surface area contributed by atoms with E-state index >= 15 is 0 Å². The number of halogens is 1. The Labute approximate surface area is 130 Å². The van der Waals surface area contributed by atoms with Gasteiger partial charge in [0.2, 0.25) is 0 Å². The van der Waals surface area contributed by atoms with Gasteiger partial charge in [-0.05, 0) is 34.5 Å². The number of carbonyl (C=O) groups is 2. The van der Waals surface area contributed by atoms with E-state index in [-0.39, 0.29) is 18.6 Å². The van der Waals surface area contributed by atoms with Crippen LogP contribution in [0.1, 0.15) is 29.0 Å². The number of hydrogen-bond acceptors (Lipinski definition) is 3. The van der Waals surface area contributed by atoms with E-state index in [4.69, 9.17) is 4.74 Å². The van der Waals surface area contributed by atoms with Gasteiger partial charge < -0.3 is 15.0 Å². The molecule has 0 aliphatic carbocycles. The van der Waals surface area contributed by atoms with E-state index in [1.54, 1.807) is 12.3 Å². The van der Waals surface area contributed by atoms with Crippen LogP contribution in [0.15, 0.2) is 47.1 Å². The zero-order chi connectivity index (χ0) is 15.2. The Kier molecular flexibility index (Phi) is 5.16. The third kappa shape index (κ3) is 4.46. The van der Waals surface area contributed by atoms with E-state index in [2.05, 4.69) is 26.2 Å². The van der Waals surface area contributed by atoms with Crippen LogP contribution in [0.3, 0.4) is 0 Å². The summed E-state index contributed by atoms with van der Waals surface area (Å²) < 4.78 is 5.68. The van der Waals surface area contributed by atoms with Crippen LogP contribution in [0.5, 0.6) is 0 Å². The number of ether oxygens (including phenoxy) is 1. The maximum absolute atomic E-state index is 11.8. The minimum atomic E-state index is -0.566. The number of carbonyl (C=O) groups excluding carboxylic acids is 2. The molecule has 1 amide bonds. The van der Waals surface area contributed by atoms with Crippen molar-refractivity contribution in [3.8, 4) is 0 Å². The molecule has 0 saturated heterocycles. The van der Waals surface area contributed by atoms with Crippen LogP contribution in [-0.4, -0.2) is 23.5 Å². The zero-order valence-electron chi connectivity index (χ0n) is 11.4. The molecule has 0 bridgehead atoms. The maximum atomic E-state index is 11.8.